The molecule has 0 aromatic carbocycles. The van der Waals surface area contributed by atoms with Crippen LogP contribution in [0.1, 0.15) is 0 Å². The van der Waals surface area contributed by atoms with Crippen LogP contribution in [0.4, 0.5) is 0 Å². The quantitative estimate of drug-likeness (QED) is 0.330. The molecular weight excluding hydrogens is 77.1 g/mol. The average molecular weight is 89.1 g/mol. The number of nitrogens with zero attached hydrogens (tertiary/aromatic N) is 1. The van der Waals surface area contributed by atoms with Crippen LogP contribution in [0.2, 0.25) is 0 Å². The number of rotatable bonds is 1. The van der Waals surface area contributed by atoms with E-state index in [9.17, 15) is 0 Å². The second-order valence-electron chi connectivity index (χ2n) is 2.07. The van der Waals surface area contributed by atoms with Crippen molar-refractivity contribution in [1.29, 1.82) is 0 Å². The highest BCUT2D eigenvalue weighted by Gasteiger charge is 2.00. The van der Waals surface area contributed by atoms with Gasteiger partial charge in [0.2, 0.25) is 0 Å². The largest absolute Gasteiger partial charge is 0.207 e. The summed E-state index contributed by atoms with van der Waals surface area (Å²) in [5.74, 6) is 0. The van der Waals surface area contributed by atoms with Gasteiger partial charge in [-0.2, -0.15) is 4.65 Å². The van der Waals surface area contributed by atoms with Crippen LogP contribution in [0.15, 0.2) is 0 Å². The summed E-state index contributed by atoms with van der Waals surface area (Å²) >= 11 is 0. The van der Waals surface area contributed by atoms with Crippen molar-refractivity contribution in [3.63, 3.8) is 0 Å². The van der Waals surface area contributed by atoms with Gasteiger partial charge in [-0.3, -0.25) is 0 Å². The lowest BCUT2D eigenvalue weighted by Gasteiger charge is -2.17. The van der Waals surface area contributed by atoms with E-state index in [1.807, 2.05) is 21.1 Å². The summed E-state index contributed by atoms with van der Waals surface area (Å²) in [6.07, 6.45) is 0. The van der Waals surface area contributed by atoms with Gasteiger partial charge < -0.3 is 0 Å². The Morgan fingerprint density at radius 2 is 1.33 bits per heavy atom. The third kappa shape index (κ3) is 3.92. The highest BCUT2D eigenvalue weighted by atomic mass is 16.7. The van der Waals surface area contributed by atoms with Crippen LogP contribution in [0, 0.1) is 0 Å². The van der Waals surface area contributed by atoms with Gasteiger partial charge in [-0.25, -0.2) is 4.84 Å². The maximum absolute atomic E-state index is 4.88. The average Bonchev–Trinajstić information content (AvgIpc) is 1.35. The summed E-state index contributed by atoms with van der Waals surface area (Å²) in [4.78, 5) is 4.88. The molecule has 0 aliphatic rings. The monoisotopic (exact) mass is 89.1 g/mol. The molecule has 0 aromatic rings. The van der Waals surface area contributed by atoms with E-state index >= 15 is 0 Å². The molecule has 0 bridgehead atoms. The zero-order valence-electron chi connectivity index (χ0n) is 4.86. The summed E-state index contributed by atoms with van der Waals surface area (Å²) in [6, 6.07) is 0. The van der Waals surface area contributed by atoms with E-state index in [1.165, 1.54) is 0 Å². The summed E-state index contributed by atoms with van der Waals surface area (Å²) in [6.45, 7) is 0. The summed E-state index contributed by atoms with van der Waals surface area (Å²) < 4.78 is 0.569. The first kappa shape index (κ1) is 5.92. The summed E-state index contributed by atoms with van der Waals surface area (Å²) in [5, 5.41) is 0. The molecule has 0 heterocycles. The van der Waals surface area contributed by atoms with E-state index in [4.69, 9.17) is 4.84 Å². The topological polar surface area (TPSA) is 9.23 Å². The molecule has 0 aliphatic carbocycles. The number of quaternary nitrogens is 1. The lowest BCUT2D eigenvalue weighted by atomic mass is 10.8. The van der Waals surface area contributed by atoms with Crippen molar-refractivity contribution >= 4 is 0 Å². The molecule has 0 saturated carbocycles. The van der Waals surface area contributed by atoms with Crippen LogP contribution < -0.4 is 0 Å². The lowest BCUT2D eigenvalue weighted by molar-refractivity contribution is -1.06. The van der Waals surface area contributed by atoms with Gasteiger partial charge in [0.25, 0.3) is 0 Å². The first-order valence-electron chi connectivity index (χ1n) is 1.93. The molecule has 38 valence electrons. The Morgan fingerprint density at radius 1 is 1.17 bits per heavy atom. The van der Waals surface area contributed by atoms with Crippen molar-refractivity contribution in [2.24, 2.45) is 0 Å². The highest BCUT2D eigenvalue weighted by molar-refractivity contribution is 3.78. The van der Waals surface area contributed by atoms with Crippen LogP contribution in [0.25, 0.3) is 0 Å². The minimum Gasteiger partial charge on any atom is -0.207 e. The number of hydroxylamine groups is 3. The molecule has 0 spiro atoms. The Bertz CT molecular complexity index is 37.3. The fourth-order valence-corrected chi connectivity index (χ4v) is 0. The molecule has 0 fully saturated rings. The predicted octanol–water partition coefficient (Wildman–Crippen LogP) is 0.254. The van der Waals surface area contributed by atoms with E-state index in [0.717, 1.165) is 0 Å². The van der Waals surface area contributed by atoms with Crippen LogP contribution in [-0.4, -0.2) is 32.9 Å². The smallest absolute Gasteiger partial charge is 0.0981 e. The van der Waals surface area contributed by atoms with Gasteiger partial charge in [0.15, 0.2) is 0 Å². The molecule has 6 heavy (non-hydrogen) atoms. The zero-order chi connectivity index (χ0) is 5.21. The van der Waals surface area contributed by atoms with E-state index in [0.29, 0.717) is 4.65 Å². The number of hydrogen-bond donors (Lipinski definition) is 0. The lowest BCUT2D eigenvalue weighted by Crippen LogP contribution is -2.32. The molecule has 2 nitrogen and oxygen atoms in total. The Morgan fingerprint density at radius 3 is 1.33 bits per heavy atom. The summed E-state index contributed by atoms with van der Waals surface area (Å²) in [5.41, 5.74) is 0. The molecule has 2 heteroatoms. The molecule has 0 unspecified atom stereocenters. The minimum absolute atomic E-state index is 0.569. The molecule has 0 aromatic heterocycles. The molecule has 0 aliphatic heterocycles. The van der Waals surface area contributed by atoms with Gasteiger partial charge >= 0.3 is 0 Å². The molecule has 0 atom stereocenters. The first-order chi connectivity index (χ1) is 2.56. The maximum Gasteiger partial charge on any atom is 0.0981 e. The van der Waals surface area contributed by atoms with Crippen molar-refractivity contribution < 1.29 is 9.48 Å². The zero-order valence-corrected chi connectivity index (χ0v) is 4.86. The standard InChI is InChI=1S/C4H12NO/c1-5(2,3)6-4/h1-4H3/q+1/i4-1. The molecule has 0 rings (SSSR count). The fourth-order valence-electron chi connectivity index (χ4n) is 0. The van der Waals surface area contributed by atoms with E-state index in [2.05, 4.69) is 0 Å². The van der Waals surface area contributed by atoms with Crippen molar-refractivity contribution in [3.8, 4) is 0 Å². The minimum atomic E-state index is 0.569. The van der Waals surface area contributed by atoms with Gasteiger partial charge in [0.05, 0.1) is 28.3 Å². The molecule has 0 saturated heterocycles. The van der Waals surface area contributed by atoms with Gasteiger partial charge in [-0.05, 0) is 0 Å². The fraction of sp³-hybridized carbons (Fsp3) is 1.00. The summed E-state index contributed by atoms with van der Waals surface area (Å²) in [7, 11) is 7.56. The third-order valence-corrected chi connectivity index (χ3v) is 0.548. The third-order valence-electron chi connectivity index (χ3n) is 0.548. The van der Waals surface area contributed by atoms with Gasteiger partial charge in [-0.15, -0.1) is 0 Å². The van der Waals surface area contributed by atoms with Gasteiger partial charge in [0.1, 0.15) is 0 Å². The van der Waals surface area contributed by atoms with Crippen LogP contribution in [-0.2, 0) is 4.84 Å². The second-order valence-corrected chi connectivity index (χ2v) is 2.07. The van der Waals surface area contributed by atoms with Crippen molar-refractivity contribution in [2.45, 2.75) is 0 Å². The van der Waals surface area contributed by atoms with Gasteiger partial charge in [0, 0.05) is 0 Å². The normalized spacial score (nSPS) is 12.0. The van der Waals surface area contributed by atoms with Crippen molar-refractivity contribution in [1.82, 2.24) is 0 Å². The van der Waals surface area contributed by atoms with Crippen LogP contribution in [0.3, 0.4) is 0 Å². The van der Waals surface area contributed by atoms with Crippen molar-refractivity contribution in [2.75, 3.05) is 28.3 Å². The number of hydrogen-bond acceptors (Lipinski definition) is 1. The van der Waals surface area contributed by atoms with E-state index in [1.54, 1.807) is 7.11 Å². The molecular formula is C4H12NO+. The Hall–Kier alpha value is -0.0800. The maximum atomic E-state index is 4.88. The predicted molar refractivity (Wildman–Crippen MR) is 25.0 cm³/mol. The van der Waals surface area contributed by atoms with Crippen molar-refractivity contribution in [3.05, 3.63) is 0 Å². The Balaban J connectivity index is 3.17. The first-order valence-corrected chi connectivity index (χ1v) is 1.93. The highest BCUT2D eigenvalue weighted by Crippen LogP contribution is 1.84. The SMILES string of the molecule is C[N+](C)(C)O[11CH3]. The molecule has 0 amide bonds. The van der Waals surface area contributed by atoms with E-state index in [-0.39, 0.29) is 0 Å². The van der Waals surface area contributed by atoms with Crippen LogP contribution >= 0.6 is 0 Å². The van der Waals surface area contributed by atoms with Crippen LogP contribution in [0.5, 0.6) is 0 Å². The molecule has 0 radical (unpaired) electrons. The van der Waals surface area contributed by atoms with Gasteiger partial charge in [-0.1, -0.05) is 0 Å². The Labute approximate surface area is 38.9 Å². The second kappa shape index (κ2) is 1.58. The molecule has 0 N–H and O–H groups in total. The van der Waals surface area contributed by atoms with E-state index < -0.39 is 0 Å². The Kier molecular flexibility index (Phi) is 1.56.